The van der Waals surface area contributed by atoms with Gasteiger partial charge in [-0.25, -0.2) is 9.13 Å². The van der Waals surface area contributed by atoms with E-state index in [4.69, 9.17) is 37.0 Å². The van der Waals surface area contributed by atoms with Crippen LogP contribution in [0.1, 0.15) is 375 Å². The molecule has 0 spiro atoms. The van der Waals surface area contributed by atoms with Gasteiger partial charge >= 0.3 is 39.5 Å². The van der Waals surface area contributed by atoms with Crippen LogP contribution in [-0.4, -0.2) is 96.7 Å². The van der Waals surface area contributed by atoms with Crippen molar-refractivity contribution >= 4 is 39.5 Å². The van der Waals surface area contributed by atoms with E-state index >= 15 is 0 Å². The molecule has 0 aliphatic carbocycles. The van der Waals surface area contributed by atoms with Crippen molar-refractivity contribution in [2.24, 2.45) is 11.8 Å². The lowest BCUT2D eigenvalue weighted by atomic mass is 10.00. The predicted molar refractivity (Wildman–Crippen MR) is 372 cm³/mol. The summed E-state index contributed by atoms with van der Waals surface area (Å²) in [5.74, 6) is -0.676. The number of carbonyl (C=O) groups is 4. The molecule has 0 saturated heterocycles. The number of phosphoric ester groups is 2. The van der Waals surface area contributed by atoms with Crippen LogP contribution in [0.5, 0.6) is 0 Å². The van der Waals surface area contributed by atoms with Gasteiger partial charge in [0.15, 0.2) is 12.2 Å². The summed E-state index contributed by atoms with van der Waals surface area (Å²) < 4.78 is 68.3. The number of ether oxygens (including phenoxy) is 4. The van der Waals surface area contributed by atoms with Gasteiger partial charge in [-0.2, -0.15) is 0 Å². The van der Waals surface area contributed by atoms with Gasteiger partial charge in [-0.1, -0.05) is 324 Å². The Labute approximate surface area is 562 Å². The zero-order valence-electron chi connectivity index (χ0n) is 59.9. The van der Waals surface area contributed by atoms with Crippen LogP contribution in [0.25, 0.3) is 0 Å². The fraction of sp³-hybridized carbons (Fsp3) is 0.945. The highest BCUT2D eigenvalue weighted by molar-refractivity contribution is 7.47. The number of hydrogen-bond donors (Lipinski definition) is 3. The summed E-state index contributed by atoms with van der Waals surface area (Å²) >= 11 is 0. The molecule has 0 heterocycles. The summed E-state index contributed by atoms with van der Waals surface area (Å²) in [7, 11) is -9.90. The monoisotopic (exact) mass is 1350 g/mol. The molecule has 0 saturated carbocycles. The van der Waals surface area contributed by atoms with Gasteiger partial charge < -0.3 is 33.8 Å². The SMILES string of the molecule is CCCCCCCCCCCCCCCCCCCCCCCCC(=O)O[C@H](COC(=O)CCCCCCCCC(C)CC)COP(=O)(O)OC[C@@H](O)COP(=O)(O)OC[C@@H](COC(=O)CCCCCCCCCCCC)OC(=O)CCCCCCCCC(C)CC. The summed E-state index contributed by atoms with van der Waals surface area (Å²) in [4.78, 5) is 72.5. The first kappa shape index (κ1) is 90.1. The van der Waals surface area contributed by atoms with Crippen molar-refractivity contribution in [3.8, 4) is 0 Å². The highest BCUT2D eigenvalue weighted by Gasteiger charge is 2.30. The molecule has 0 amide bonds. The van der Waals surface area contributed by atoms with E-state index in [0.717, 1.165) is 108 Å². The van der Waals surface area contributed by atoms with E-state index in [-0.39, 0.29) is 25.7 Å². The van der Waals surface area contributed by atoms with Crippen molar-refractivity contribution in [2.75, 3.05) is 39.6 Å². The fourth-order valence-corrected chi connectivity index (χ4v) is 12.6. The lowest BCUT2D eigenvalue weighted by molar-refractivity contribution is -0.161. The molecule has 0 bridgehead atoms. The van der Waals surface area contributed by atoms with E-state index in [1.165, 1.54) is 186 Å². The number of esters is 4. The molecule has 7 atom stereocenters. The largest absolute Gasteiger partial charge is 0.472 e. The van der Waals surface area contributed by atoms with E-state index in [1.54, 1.807) is 0 Å². The minimum absolute atomic E-state index is 0.103. The number of unbranched alkanes of at least 4 members (excludes halogenated alkanes) is 40. The summed E-state index contributed by atoms with van der Waals surface area (Å²) in [6.07, 6.45) is 51.7. The Kier molecular flexibility index (Phi) is 63.7. The first-order chi connectivity index (χ1) is 44.4. The zero-order valence-corrected chi connectivity index (χ0v) is 61.6. The standard InChI is InChI=1S/C73H142O17P2/c1-7-11-13-15-17-19-21-22-23-24-25-26-27-28-29-30-31-32-34-36-45-51-57-72(77)89-68(62-84-71(76)56-50-44-39-37-41-47-53-65(5)9-3)63-87-91(79,80)85-59-67(74)60-86-92(81,82)88-64-69(90-73(78)58-52-46-40-38-42-48-54-66(6)10-4)61-83-70(75)55-49-43-35-33-20-18-16-14-12-8-2/h65-69,74H,7-64H2,1-6H3,(H,79,80)(H,81,82)/t65?,66?,67-,68-,69-/m1/s1. The summed E-state index contributed by atoms with van der Waals surface area (Å²) in [5.41, 5.74) is 0. The summed E-state index contributed by atoms with van der Waals surface area (Å²) in [6, 6.07) is 0. The van der Waals surface area contributed by atoms with Crippen molar-refractivity contribution in [2.45, 2.75) is 394 Å². The van der Waals surface area contributed by atoms with Crippen LogP contribution in [0.2, 0.25) is 0 Å². The minimum atomic E-state index is -4.95. The Morgan fingerprint density at radius 3 is 0.772 bits per heavy atom. The van der Waals surface area contributed by atoms with Gasteiger partial charge in [0.05, 0.1) is 26.4 Å². The highest BCUT2D eigenvalue weighted by Crippen LogP contribution is 2.45. The molecule has 0 aliphatic heterocycles. The molecule has 17 nitrogen and oxygen atoms in total. The maximum Gasteiger partial charge on any atom is 0.472 e. The predicted octanol–water partition coefficient (Wildman–Crippen LogP) is 21.2. The van der Waals surface area contributed by atoms with Gasteiger partial charge in [-0.3, -0.25) is 37.3 Å². The van der Waals surface area contributed by atoms with Gasteiger partial charge in [0, 0.05) is 25.7 Å². The molecule has 0 fully saturated rings. The van der Waals surface area contributed by atoms with Gasteiger partial charge in [-0.05, 0) is 37.5 Å². The van der Waals surface area contributed by atoms with Crippen LogP contribution < -0.4 is 0 Å². The molecule has 0 aromatic rings. The molecular weight excluding hydrogens is 1210 g/mol. The molecule has 0 aliphatic rings. The molecule has 4 unspecified atom stereocenters. The van der Waals surface area contributed by atoms with Gasteiger partial charge in [-0.15, -0.1) is 0 Å². The summed E-state index contributed by atoms with van der Waals surface area (Å²) in [5, 5.41) is 10.6. The highest BCUT2D eigenvalue weighted by atomic mass is 31.2. The van der Waals surface area contributed by atoms with E-state index in [9.17, 15) is 43.2 Å². The molecule has 0 aromatic carbocycles. The first-order valence-electron chi connectivity index (χ1n) is 38.1. The number of carbonyl (C=O) groups excluding carboxylic acids is 4. The van der Waals surface area contributed by atoms with Gasteiger partial charge in [0.1, 0.15) is 19.3 Å². The van der Waals surface area contributed by atoms with Crippen molar-refractivity contribution in [3.05, 3.63) is 0 Å². The average Bonchev–Trinajstić information content (AvgIpc) is 2.17. The quantitative estimate of drug-likeness (QED) is 0.0222. The second-order valence-electron chi connectivity index (χ2n) is 26.8. The molecule has 3 N–H and O–H groups in total. The number of hydrogen-bond acceptors (Lipinski definition) is 15. The lowest BCUT2D eigenvalue weighted by Crippen LogP contribution is -2.30. The van der Waals surface area contributed by atoms with Crippen molar-refractivity contribution in [1.29, 1.82) is 0 Å². The third kappa shape index (κ3) is 64.1. The minimum Gasteiger partial charge on any atom is -0.462 e. The zero-order chi connectivity index (χ0) is 67.9. The van der Waals surface area contributed by atoms with E-state index in [0.29, 0.717) is 25.7 Å². The maximum absolute atomic E-state index is 13.0. The van der Waals surface area contributed by atoms with Crippen LogP contribution >= 0.6 is 15.6 Å². The molecular formula is C73H142O17P2. The Morgan fingerprint density at radius 2 is 0.522 bits per heavy atom. The van der Waals surface area contributed by atoms with E-state index < -0.39 is 97.5 Å². The molecule has 19 heteroatoms. The Hall–Kier alpha value is -1.94. The first-order valence-corrected chi connectivity index (χ1v) is 41.1. The van der Waals surface area contributed by atoms with Crippen LogP contribution in [0.4, 0.5) is 0 Å². The van der Waals surface area contributed by atoms with E-state index in [2.05, 4.69) is 41.5 Å². The molecule has 0 radical (unpaired) electrons. The third-order valence-corrected chi connectivity index (χ3v) is 19.6. The Balaban J connectivity index is 5.14. The lowest BCUT2D eigenvalue weighted by Gasteiger charge is -2.21. The number of rotatable bonds is 72. The normalized spacial score (nSPS) is 14.7. The molecule has 92 heavy (non-hydrogen) atoms. The number of aliphatic hydroxyl groups excluding tert-OH is 1. The molecule has 0 aromatic heterocycles. The Morgan fingerprint density at radius 1 is 0.304 bits per heavy atom. The van der Waals surface area contributed by atoms with Gasteiger partial charge in [0.25, 0.3) is 0 Å². The maximum atomic E-state index is 13.0. The second-order valence-corrected chi connectivity index (χ2v) is 29.7. The third-order valence-electron chi connectivity index (χ3n) is 17.7. The van der Waals surface area contributed by atoms with Gasteiger partial charge in [0.2, 0.25) is 0 Å². The molecule has 546 valence electrons. The topological polar surface area (TPSA) is 237 Å². The summed E-state index contributed by atoms with van der Waals surface area (Å²) in [6.45, 7) is 9.46. The fourth-order valence-electron chi connectivity index (χ4n) is 11.1. The number of aliphatic hydroxyl groups is 1. The van der Waals surface area contributed by atoms with Crippen molar-refractivity contribution < 1.29 is 80.2 Å². The van der Waals surface area contributed by atoms with Crippen molar-refractivity contribution in [3.63, 3.8) is 0 Å². The van der Waals surface area contributed by atoms with Crippen LogP contribution in [0, 0.1) is 11.8 Å². The second kappa shape index (κ2) is 65.0. The van der Waals surface area contributed by atoms with Crippen LogP contribution in [0.15, 0.2) is 0 Å². The number of phosphoric acid groups is 2. The van der Waals surface area contributed by atoms with Crippen LogP contribution in [0.3, 0.4) is 0 Å². The average molecular weight is 1350 g/mol. The van der Waals surface area contributed by atoms with Crippen LogP contribution in [-0.2, 0) is 65.4 Å². The van der Waals surface area contributed by atoms with E-state index in [1.807, 2.05) is 0 Å². The smallest absolute Gasteiger partial charge is 0.462 e. The Bertz CT molecular complexity index is 1790. The van der Waals surface area contributed by atoms with Crippen molar-refractivity contribution in [1.82, 2.24) is 0 Å². The molecule has 0 rings (SSSR count).